The number of anilines is 1. The maximum atomic E-state index is 6.18. The number of hydrogen-bond acceptors (Lipinski definition) is 4. The van der Waals surface area contributed by atoms with Gasteiger partial charge in [-0.15, -0.1) is 0 Å². The number of pyridine rings is 2. The van der Waals surface area contributed by atoms with E-state index in [4.69, 9.17) is 11.6 Å². The van der Waals surface area contributed by atoms with Gasteiger partial charge in [-0.1, -0.05) is 17.7 Å². The fourth-order valence-corrected chi connectivity index (χ4v) is 3.45. The van der Waals surface area contributed by atoms with E-state index in [0.717, 1.165) is 48.6 Å². The van der Waals surface area contributed by atoms with Crippen LogP contribution in [-0.2, 0) is 6.54 Å². The zero-order valence-electron chi connectivity index (χ0n) is 13.4. The van der Waals surface area contributed by atoms with Gasteiger partial charge in [0.25, 0.3) is 0 Å². The van der Waals surface area contributed by atoms with Crippen molar-refractivity contribution in [3.8, 4) is 0 Å². The van der Waals surface area contributed by atoms with Crippen LogP contribution in [0.3, 0.4) is 0 Å². The second-order valence-corrected chi connectivity index (χ2v) is 6.55. The molecule has 0 aliphatic carbocycles. The van der Waals surface area contributed by atoms with Crippen LogP contribution in [-0.4, -0.2) is 41.0 Å². The van der Waals surface area contributed by atoms with Crippen LogP contribution in [0, 0.1) is 0 Å². The van der Waals surface area contributed by atoms with Gasteiger partial charge in [0, 0.05) is 67.4 Å². The van der Waals surface area contributed by atoms with Gasteiger partial charge in [-0.2, -0.15) is 0 Å². The maximum absolute atomic E-state index is 6.18. The summed E-state index contributed by atoms with van der Waals surface area (Å²) in [4.78, 5) is 13.6. The Morgan fingerprint density at radius 3 is 2.67 bits per heavy atom. The molecule has 0 saturated carbocycles. The molecule has 4 nitrogen and oxygen atoms in total. The van der Waals surface area contributed by atoms with E-state index in [2.05, 4.69) is 31.9 Å². The minimum Gasteiger partial charge on any atom is -0.368 e. The number of rotatable bonds is 3. The average molecular weight is 339 g/mol. The number of nitrogens with zero attached hydrogens (tertiary/aromatic N) is 4. The van der Waals surface area contributed by atoms with Crippen molar-refractivity contribution in [2.24, 2.45) is 0 Å². The molecule has 0 unspecified atom stereocenters. The lowest BCUT2D eigenvalue weighted by molar-refractivity contribution is 0.250. The van der Waals surface area contributed by atoms with Gasteiger partial charge in [-0.25, -0.2) is 0 Å². The molecule has 0 bridgehead atoms. The smallest absolute Gasteiger partial charge is 0.0723 e. The molecule has 0 spiro atoms. The third-order valence-electron chi connectivity index (χ3n) is 4.52. The van der Waals surface area contributed by atoms with E-state index in [-0.39, 0.29) is 0 Å². The van der Waals surface area contributed by atoms with Gasteiger partial charge in [0.05, 0.1) is 5.52 Å². The van der Waals surface area contributed by atoms with Gasteiger partial charge in [-0.3, -0.25) is 14.9 Å². The lowest BCUT2D eigenvalue weighted by Gasteiger charge is -2.36. The minimum atomic E-state index is 0.756. The third-order valence-corrected chi connectivity index (χ3v) is 4.76. The van der Waals surface area contributed by atoms with Crippen molar-refractivity contribution in [1.82, 2.24) is 14.9 Å². The molecule has 2 aromatic heterocycles. The topological polar surface area (TPSA) is 32.3 Å². The largest absolute Gasteiger partial charge is 0.368 e. The predicted molar refractivity (Wildman–Crippen MR) is 98.5 cm³/mol. The van der Waals surface area contributed by atoms with Gasteiger partial charge in [0.2, 0.25) is 0 Å². The van der Waals surface area contributed by atoms with E-state index in [9.17, 15) is 0 Å². The first-order valence-corrected chi connectivity index (χ1v) is 8.58. The molecule has 0 atom stereocenters. The van der Waals surface area contributed by atoms with Crippen molar-refractivity contribution in [1.29, 1.82) is 0 Å². The molecule has 24 heavy (non-hydrogen) atoms. The van der Waals surface area contributed by atoms with Crippen molar-refractivity contribution in [3.63, 3.8) is 0 Å². The summed E-state index contributed by atoms with van der Waals surface area (Å²) in [5, 5.41) is 1.89. The first-order valence-electron chi connectivity index (χ1n) is 8.20. The van der Waals surface area contributed by atoms with Crippen molar-refractivity contribution >= 4 is 28.2 Å². The Morgan fingerprint density at radius 1 is 1.00 bits per heavy atom. The van der Waals surface area contributed by atoms with Crippen LogP contribution in [0.15, 0.2) is 55.0 Å². The summed E-state index contributed by atoms with van der Waals surface area (Å²) >= 11 is 6.18. The fourth-order valence-electron chi connectivity index (χ4n) is 3.28. The molecular formula is C19H19ClN4. The second kappa shape index (κ2) is 6.75. The van der Waals surface area contributed by atoms with Crippen LogP contribution in [0.25, 0.3) is 10.9 Å². The van der Waals surface area contributed by atoms with Gasteiger partial charge in [-0.05, 0) is 35.9 Å². The van der Waals surface area contributed by atoms with Crippen molar-refractivity contribution in [2.45, 2.75) is 6.54 Å². The molecule has 0 amide bonds. The second-order valence-electron chi connectivity index (χ2n) is 6.12. The highest BCUT2D eigenvalue weighted by atomic mass is 35.5. The molecule has 4 rings (SSSR count). The molecule has 122 valence electrons. The number of fused-ring (bicyclic) bond motifs is 1. The first kappa shape index (κ1) is 15.4. The quantitative estimate of drug-likeness (QED) is 0.730. The zero-order valence-corrected chi connectivity index (χ0v) is 14.2. The Kier molecular flexibility index (Phi) is 4.32. The van der Waals surface area contributed by atoms with E-state index in [1.807, 2.05) is 42.9 Å². The van der Waals surface area contributed by atoms with Crippen molar-refractivity contribution < 1.29 is 0 Å². The normalized spacial score (nSPS) is 15.8. The molecule has 1 aromatic carbocycles. The summed E-state index contributed by atoms with van der Waals surface area (Å²) in [6.07, 6.45) is 5.65. The monoisotopic (exact) mass is 338 g/mol. The molecular weight excluding hydrogens is 320 g/mol. The molecule has 3 aromatic rings. The van der Waals surface area contributed by atoms with E-state index in [1.54, 1.807) is 0 Å². The molecule has 1 aliphatic rings. The van der Waals surface area contributed by atoms with E-state index >= 15 is 0 Å². The molecule has 0 radical (unpaired) electrons. The molecule has 5 heteroatoms. The van der Waals surface area contributed by atoms with Crippen molar-refractivity contribution in [3.05, 3.63) is 65.6 Å². The van der Waals surface area contributed by atoms with Crippen LogP contribution >= 0.6 is 11.6 Å². The lowest BCUT2D eigenvalue weighted by atomic mass is 10.1. The van der Waals surface area contributed by atoms with Gasteiger partial charge in [0.1, 0.15) is 0 Å². The minimum absolute atomic E-state index is 0.756. The summed E-state index contributed by atoms with van der Waals surface area (Å²) in [6.45, 7) is 5.06. The number of piperazine rings is 1. The predicted octanol–water partition coefficient (Wildman–Crippen LogP) is 3.61. The Balaban J connectivity index is 1.49. The summed E-state index contributed by atoms with van der Waals surface area (Å²) in [7, 11) is 0. The van der Waals surface area contributed by atoms with Gasteiger partial charge in [0.15, 0.2) is 0 Å². The van der Waals surface area contributed by atoms with Gasteiger partial charge >= 0.3 is 0 Å². The van der Waals surface area contributed by atoms with Crippen LogP contribution in [0.5, 0.6) is 0 Å². The van der Waals surface area contributed by atoms with E-state index in [1.165, 1.54) is 11.3 Å². The lowest BCUT2D eigenvalue weighted by Crippen LogP contribution is -2.46. The molecule has 1 aliphatic heterocycles. The highest BCUT2D eigenvalue weighted by molar-refractivity contribution is 6.31. The fraction of sp³-hybridized carbons (Fsp3) is 0.263. The van der Waals surface area contributed by atoms with Crippen LogP contribution in [0.1, 0.15) is 5.56 Å². The van der Waals surface area contributed by atoms with E-state index in [0.29, 0.717) is 0 Å². The summed E-state index contributed by atoms with van der Waals surface area (Å²) in [5.41, 5.74) is 3.49. The SMILES string of the molecule is Clc1ccc2nccc(N3CCN(Cc4cccnc4)CC3)c2c1. The molecule has 1 saturated heterocycles. The Morgan fingerprint density at radius 2 is 1.88 bits per heavy atom. The molecule has 3 heterocycles. The Labute approximate surface area is 146 Å². The Hall–Kier alpha value is -2.17. The third kappa shape index (κ3) is 3.21. The maximum Gasteiger partial charge on any atom is 0.0723 e. The number of benzene rings is 1. The summed E-state index contributed by atoms with van der Waals surface area (Å²) in [6, 6.07) is 12.1. The zero-order chi connectivity index (χ0) is 16.4. The standard InChI is InChI=1S/C19H19ClN4/c20-16-3-4-18-17(12-16)19(5-7-22-18)24-10-8-23(9-11-24)14-15-2-1-6-21-13-15/h1-7,12-13H,8-11,14H2. The average Bonchev–Trinajstić information content (AvgIpc) is 2.63. The summed E-state index contributed by atoms with van der Waals surface area (Å²) < 4.78 is 0. The van der Waals surface area contributed by atoms with Crippen LogP contribution < -0.4 is 4.90 Å². The molecule has 1 fully saturated rings. The highest BCUT2D eigenvalue weighted by Crippen LogP contribution is 2.28. The number of halogens is 1. The Bertz CT molecular complexity index is 829. The first-order chi connectivity index (χ1) is 11.8. The van der Waals surface area contributed by atoms with Crippen molar-refractivity contribution in [2.75, 3.05) is 31.1 Å². The summed E-state index contributed by atoms with van der Waals surface area (Å²) in [5.74, 6) is 0. The van der Waals surface area contributed by atoms with Crippen LogP contribution in [0.2, 0.25) is 5.02 Å². The molecule has 0 N–H and O–H groups in total. The number of hydrogen-bond donors (Lipinski definition) is 0. The van der Waals surface area contributed by atoms with Gasteiger partial charge < -0.3 is 4.90 Å². The number of aromatic nitrogens is 2. The van der Waals surface area contributed by atoms with Crippen LogP contribution in [0.4, 0.5) is 5.69 Å². The van der Waals surface area contributed by atoms with E-state index < -0.39 is 0 Å². The highest BCUT2D eigenvalue weighted by Gasteiger charge is 2.19.